The molecule has 3 nitrogen and oxygen atoms in total. The third kappa shape index (κ3) is 2.96. The van der Waals surface area contributed by atoms with Gasteiger partial charge in [0, 0.05) is 23.3 Å². The molecular weight excluding hydrogens is 312 g/mol. The van der Waals surface area contributed by atoms with Gasteiger partial charge in [-0.15, -0.1) is 11.3 Å². The Balaban J connectivity index is 2.10. The van der Waals surface area contributed by atoms with Crippen molar-refractivity contribution in [2.24, 2.45) is 0 Å². The molecule has 0 N–H and O–H groups in total. The molecular formula is C17H16N2OS2. The average Bonchev–Trinajstić information content (AvgIpc) is 2.89. The van der Waals surface area contributed by atoms with E-state index in [0.717, 1.165) is 26.5 Å². The average molecular weight is 328 g/mol. The highest BCUT2D eigenvalue weighted by Gasteiger charge is 2.12. The van der Waals surface area contributed by atoms with Gasteiger partial charge in [-0.2, -0.15) is 0 Å². The van der Waals surface area contributed by atoms with Crippen molar-refractivity contribution in [2.75, 3.05) is 7.11 Å². The molecule has 22 heavy (non-hydrogen) atoms. The van der Waals surface area contributed by atoms with Crippen molar-refractivity contribution in [2.45, 2.75) is 13.5 Å². The second kappa shape index (κ2) is 6.42. The number of rotatable bonds is 4. The number of ether oxygens (including phenoxy) is 1. The first-order valence-corrected chi connectivity index (χ1v) is 8.20. The van der Waals surface area contributed by atoms with Gasteiger partial charge in [-0.3, -0.25) is 4.98 Å². The van der Waals surface area contributed by atoms with E-state index in [4.69, 9.17) is 17.0 Å². The van der Waals surface area contributed by atoms with Gasteiger partial charge < -0.3 is 9.30 Å². The number of nitrogens with zero attached hydrogens (tertiary/aromatic N) is 2. The quantitative estimate of drug-likeness (QED) is 0.649. The van der Waals surface area contributed by atoms with Gasteiger partial charge in [0.05, 0.1) is 19.3 Å². The van der Waals surface area contributed by atoms with Gasteiger partial charge in [0.1, 0.15) is 5.75 Å². The van der Waals surface area contributed by atoms with Gasteiger partial charge in [-0.1, -0.05) is 17.7 Å². The molecule has 0 spiro atoms. The van der Waals surface area contributed by atoms with Crippen LogP contribution in [0.2, 0.25) is 0 Å². The van der Waals surface area contributed by atoms with Crippen LogP contribution in [0.4, 0.5) is 0 Å². The molecule has 0 aliphatic rings. The molecule has 0 bridgehead atoms. The lowest BCUT2D eigenvalue weighted by atomic mass is 10.1. The van der Waals surface area contributed by atoms with Crippen LogP contribution >= 0.6 is 23.6 Å². The molecule has 0 aliphatic heterocycles. The Bertz CT molecular complexity index is 837. The van der Waals surface area contributed by atoms with E-state index in [9.17, 15) is 0 Å². The summed E-state index contributed by atoms with van der Waals surface area (Å²) in [7, 11) is 1.70. The highest BCUT2D eigenvalue weighted by Crippen LogP contribution is 2.33. The lowest BCUT2D eigenvalue weighted by molar-refractivity contribution is 0.416. The molecule has 0 fully saturated rings. The lowest BCUT2D eigenvalue weighted by Crippen LogP contribution is -2.03. The maximum Gasteiger partial charge on any atom is 0.161 e. The van der Waals surface area contributed by atoms with Crippen molar-refractivity contribution in [1.29, 1.82) is 0 Å². The van der Waals surface area contributed by atoms with Crippen LogP contribution in [0, 0.1) is 10.9 Å². The summed E-state index contributed by atoms with van der Waals surface area (Å²) in [6, 6.07) is 10.2. The molecule has 0 radical (unpaired) electrons. The van der Waals surface area contributed by atoms with Crippen molar-refractivity contribution in [3.05, 3.63) is 63.2 Å². The first kappa shape index (κ1) is 14.9. The number of hydrogen-bond acceptors (Lipinski definition) is 4. The fraction of sp³-hybridized carbons (Fsp3) is 0.176. The zero-order valence-corrected chi connectivity index (χ0v) is 14.1. The predicted octanol–water partition coefficient (Wildman–Crippen LogP) is 4.71. The van der Waals surface area contributed by atoms with Crippen molar-refractivity contribution < 1.29 is 4.74 Å². The molecule has 3 aromatic rings. The van der Waals surface area contributed by atoms with Crippen LogP contribution in [0.3, 0.4) is 0 Å². The minimum atomic E-state index is 0.711. The Morgan fingerprint density at radius 1 is 1.32 bits per heavy atom. The summed E-state index contributed by atoms with van der Waals surface area (Å²) in [5, 5.41) is 2.09. The maximum absolute atomic E-state index is 5.51. The SMILES string of the molecule is COc1ccc(C)cc1-c1csc(=S)n1Cc1cccnc1. The third-order valence-electron chi connectivity index (χ3n) is 3.48. The number of benzene rings is 1. The fourth-order valence-electron chi connectivity index (χ4n) is 2.39. The minimum Gasteiger partial charge on any atom is -0.496 e. The van der Waals surface area contributed by atoms with E-state index in [0.29, 0.717) is 6.54 Å². The van der Waals surface area contributed by atoms with E-state index in [-0.39, 0.29) is 0 Å². The molecule has 2 heterocycles. The molecule has 0 saturated carbocycles. The van der Waals surface area contributed by atoms with E-state index in [1.807, 2.05) is 18.3 Å². The van der Waals surface area contributed by atoms with Gasteiger partial charge in [-0.05, 0) is 42.9 Å². The molecule has 0 aliphatic carbocycles. The highest BCUT2D eigenvalue weighted by molar-refractivity contribution is 7.73. The molecule has 5 heteroatoms. The molecule has 0 unspecified atom stereocenters. The van der Waals surface area contributed by atoms with Crippen LogP contribution < -0.4 is 4.74 Å². The van der Waals surface area contributed by atoms with Crippen LogP contribution in [0.1, 0.15) is 11.1 Å². The van der Waals surface area contributed by atoms with Crippen molar-refractivity contribution in [1.82, 2.24) is 9.55 Å². The van der Waals surface area contributed by atoms with E-state index >= 15 is 0 Å². The monoisotopic (exact) mass is 328 g/mol. The predicted molar refractivity (Wildman–Crippen MR) is 93.2 cm³/mol. The van der Waals surface area contributed by atoms with Gasteiger partial charge in [0.25, 0.3) is 0 Å². The Kier molecular flexibility index (Phi) is 4.36. The van der Waals surface area contributed by atoms with Crippen LogP contribution in [0.5, 0.6) is 5.75 Å². The number of hydrogen-bond donors (Lipinski definition) is 0. The topological polar surface area (TPSA) is 27.1 Å². The largest absolute Gasteiger partial charge is 0.496 e. The van der Waals surface area contributed by atoms with Crippen LogP contribution in [-0.4, -0.2) is 16.7 Å². The van der Waals surface area contributed by atoms with Gasteiger partial charge in [0.2, 0.25) is 0 Å². The first-order chi connectivity index (χ1) is 10.7. The zero-order valence-electron chi connectivity index (χ0n) is 12.4. The molecule has 0 amide bonds. The summed E-state index contributed by atoms with van der Waals surface area (Å²) in [6.07, 6.45) is 3.65. The second-order valence-electron chi connectivity index (χ2n) is 5.04. The Morgan fingerprint density at radius 2 is 2.18 bits per heavy atom. The number of thiazole rings is 1. The molecule has 2 aromatic heterocycles. The third-order valence-corrected chi connectivity index (χ3v) is 4.75. The Hall–Kier alpha value is -1.98. The van der Waals surface area contributed by atoms with E-state index in [1.165, 1.54) is 5.56 Å². The second-order valence-corrected chi connectivity index (χ2v) is 6.54. The summed E-state index contributed by atoms with van der Waals surface area (Å²) in [5.41, 5.74) is 4.48. The Morgan fingerprint density at radius 3 is 2.91 bits per heavy atom. The molecule has 0 saturated heterocycles. The summed E-state index contributed by atoms with van der Waals surface area (Å²) >= 11 is 7.08. The van der Waals surface area contributed by atoms with Crippen molar-refractivity contribution in [3.63, 3.8) is 0 Å². The van der Waals surface area contributed by atoms with Crippen molar-refractivity contribution >= 4 is 23.6 Å². The number of pyridine rings is 1. The van der Waals surface area contributed by atoms with Crippen LogP contribution in [0.25, 0.3) is 11.3 Å². The summed E-state index contributed by atoms with van der Waals surface area (Å²) in [5.74, 6) is 0.860. The molecule has 0 atom stereocenters. The van der Waals surface area contributed by atoms with Gasteiger partial charge >= 0.3 is 0 Å². The number of methoxy groups -OCH3 is 1. The fourth-order valence-corrected chi connectivity index (χ4v) is 3.45. The summed E-state index contributed by atoms with van der Waals surface area (Å²) in [6.45, 7) is 2.79. The van der Waals surface area contributed by atoms with Crippen LogP contribution in [-0.2, 0) is 6.54 Å². The zero-order chi connectivity index (χ0) is 15.5. The molecule has 3 rings (SSSR count). The standard InChI is InChI=1S/C17H16N2OS2/c1-12-5-6-16(20-2)14(8-12)15-11-22-17(21)19(15)10-13-4-3-7-18-9-13/h3-9,11H,10H2,1-2H3. The first-order valence-electron chi connectivity index (χ1n) is 6.91. The summed E-state index contributed by atoms with van der Waals surface area (Å²) in [4.78, 5) is 4.18. The molecule has 112 valence electrons. The van der Waals surface area contributed by atoms with E-state index in [1.54, 1.807) is 24.6 Å². The smallest absolute Gasteiger partial charge is 0.161 e. The van der Waals surface area contributed by atoms with Crippen LogP contribution in [0.15, 0.2) is 48.1 Å². The lowest BCUT2D eigenvalue weighted by Gasteiger charge is -2.13. The number of aromatic nitrogens is 2. The maximum atomic E-state index is 5.51. The number of aryl methyl sites for hydroxylation is 1. The normalized spacial score (nSPS) is 10.6. The van der Waals surface area contributed by atoms with E-state index in [2.05, 4.69) is 40.1 Å². The minimum absolute atomic E-state index is 0.711. The van der Waals surface area contributed by atoms with E-state index < -0.39 is 0 Å². The van der Waals surface area contributed by atoms with Gasteiger partial charge in [0.15, 0.2) is 3.95 Å². The Labute approximate surface area is 138 Å². The van der Waals surface area contributed by atoms with Gasteiger partial charge in [-0.25, -0.2) is 0 Å². The van der Waals surface area contributed by atoms with Crippen molar-refractivity contribution in [3.8, 4) is 17.0 Å². The summed E-state index contributed by atoms with van der Waals surface area (Å²) < 4.78 is 8.50. The molecule has 1 aromatic carbocycles. The highest BCUT2D eigenvalue weighted by atomic mass is 32.1.